The molecular weight excluding hydrogens is 370 g/mol. The lowest BCUT2D eigenvalue weighted by Gasteiger charge is -2.07. The Morgan fingerprint density at radius 1 is 1.22 bits per heavy atom. The van der Waals surface area contributed by atoms with Crippen molar-refractivity contribution in [3.8, 4) is 0 Å². The van der Waals surface area contributed by atoms with Crippen molar-refractivity contribution < 1.29 is 9.72 Å². The first-order valence-electron chi connectivity index (χ1n) is 8.05. The van der Waals surface area contributed by atoms with Gasteiger partial charge in [0.15, 0.2) is 0 Å². The van der Waals surface area contributed by atoms with E-state index in [1.807, 2.05) is 0 Å². The van der Waals surface area contributed by atoms with Gasteiger partial charge in [-0.2, -0.15) is 5.10 Å². The maximum atomic E-state index is 12.3. The summed E-state index contributed by atoms with van der Waals surface area (Å²) < 4.78 is 1.58. The molecule has 0 bridgehead atoms. The number of nitrogens with one attached hydrogen (secondary N) is 1. The number of hydrogen-bond acceptors (Lipinski definition) is 5. The minimum Gasteiger partial charge on any atom is -0.307 e. The molecule has 138 valence electrons. The molecule has 2 heterocycles. The molecule has 0 radical (unpaired) electrons. The molecule has 0 spiro atoms. The number of aryl methyl sites for hydroxylation is 1. The Morgan fingerprint density at radius 2 is 1.93 bits per heavy atom. The molecule has 9 heteroatoms. The Kier molecular flexibility index (Phi) is 5.18. The maximum absolute atomic E-state index is 12.3. The number of pyridine rings is 1. The Labute approximate surface area is 159 Å². The number of benzene rings is 1. The van der Waals surface area contributed by atoms with E-state index >= 15 is 0 Å². The molecule has 0 aliphatic rings. The van der Waals surface area contributed by atoms with Gasteiger partial charge in [-0.25, -0.2) is 4.98 Å². The minimum atomic E-state index is -0.424. The fourth-order valence-electron chi connectivity index (χ4n) is 2.68. The van der Waals surface area contributed by atoms with Gasteiger partial charge in [-0.15, -0.1) is 0 Å². The molecule has 3 rings (SSSR count). The van der Waals surface area contributed by atoms with Gasteiger partial charge in [0.2, 0.25) is 0 Å². The second-order valence-corrected chi connectivity index (χ2v) is 6.38. The number of aromatic nitrogens is 3. The summed E-state index contributed by atoms with van der Waals surface area (Å²) in [6.07, 6.45) is 1.45. The van der Waals surface area contributed by atoms with Crippen LogP contribution in [0.1, 0.15) is 27.3 Å². The lowest BCUT2D eigenvalue weighted by atomic mass is 10.1. The summed E-state index contributed by atoms with van der Waals surface area (Å²) in [4.78, 5) is 27.0. The third kappa shape index (κ3) is 4.12. The van der Waals surface area contributed by atoms with Crippen molar-refractivity contribution in [2.75, 3.05) is 5.32 Å². The van der Waals surface area contributed by atoms with Gasteiger partial charge in [0.25, 0.3) is 5.91 Å². The van der Waals surface area contributed by atoms with Crippen LogP contribution in [0.15, 0.2) is 42.6 Å². The predicted molar refractivity (Wildman–Crippen MR) is 101 cm³/mol. The third-order valence-corrected chi connectivity index (χ3v) is 4.27. The monoisotopic (exact) mass is 385 g/mol. The van der Waals surface area contributed by atoms with Crippen molar-refractivity contribution in [2.45, 2.75) is 20.4 Å². The Morgan fingerprint density at radius 3 is 2.48 bits per heavy atom. The molecule has 27 heavy (non-hydrogen) atoms. The SMILES string of the molecule is Cc1nn(Cc2ccc(C(=O)Nc3ccc(Cl)cn3)cc2)c(C)c1[N+](=O)[O-]. The second-order valence-electron chi connectivity index (χ2n) is 5.95. The third-order valence-electron chi connectivity index (χ3n) is 4.04. The lowest BCUT2D eigenvalue weighted by Crippen LogP contribution is -2.13. The van der Waals surface area contributed by atoms with Crippen LogP contribution in [0.2, 0.25) is 5.02 Å². The van der Waals surface area contributed by atoms with Gasteiger partial charge < -0.3 is 5.32 Å². The normalized spacial score (nSPS) is 10.6. The van der Waals surface area contributed by atoms with Crippen LogP contribution in [-0.2, 0) is 6.54 Å². The molecule has 0 saturated heterocycles. The van der Waals surface area contributed by atoms with Crippen LogP contribution < -0.4 is 5.32 Å². The molecule has 0 atom stereocenters. The first-order valence-corrected chi connectivity index (χ1v) is 8.43. The van der Waals surface area contributed by atoms with E-state index in [9.17, 15) is 14.9 Å². The van der Waals surface area contributed by atoms with Gasteiger partial charge in [-0.05, 0) is 43.7 Å². The first kappa shape index (κ1) is 18.5. The molecule has 3 aromatic rings. The van der Waals surface area contributed by atoms with Gasteiger partial charge >= 0.3 is 5.69 Å². The van der Waals surface area contributed by atoms with Crippen molar-refractivity contribution in [1.29, 1.82) is 0 Å². The Hall–Kier alpha value is -3.26. The van der Waals surface area contributed by atoms with Crippen molar-refractivity contribution in [3.63, 3.8) is 0 Å². The van der Waals surface area contributed by atoms with Gasteiger partial charge in [-0.1, -0.05) is 23.7 Å². The quantitative estimate of drug-likeness (QED) is 0.532. The molecule has 8 nitrogen and oxygen atoms in total. The number of carbonyl (C=O) groups is 1. The van der Waals surface area contributed by atoms with Crippen LogP contribution in [0, 0.1) is 24.0 Å². The zero-order valence-electron chi connectivity index (χ0n) is 14.6. The predicted octanol–water partition coefficient (Wildman–Crippen LogP) is 3.76. The van der Waals surface area contributed by atoms with Crippen molar-refractivity contribution in [1.82, 2.24) is 14.8 Å². The number of anilines is 1. The maximum Gasteiger partial charge on any atom is 0.312 e. The molecule has 0 fully saturated rings. The van der Waals surface area contributed by atoms with E-state index in [0.29, 0.717) is 34.3 Å². The summed E-state index contributed by atoms with van der Waals surface area (Å²) in [5.41, 5.74) is 2.24. The highest BCUT2D eigenvalue weighted by atomic mass is 35.5. The molecule has 1 aromatic carbocycles. The zero-order valence-corrected chi connectivity index (χ0v) is 15.4. The Bertz CT molecular complexity index is 997. The fraction of sp³-hybridized carbons (Fsp3) is 0.167. The lowest BCUT2D eigenvalue weighted by molar-refractivity contribution is -0.386. The smallest absolute Gasteiger partial charge is 0.307 e. The summed E-state index contributed by atoms with van der Waals surface area (Å²) in [5, 5.41) is 18.5. The Balaban J connectivity index is 1.72. The molecule has 0 aliphatic heterocycles. The highest BCUT2D eigenvalue weighted by molar-refractivity contribution is 6.30. The van der Waals surface area contributed by atoms with E-state index in [1.54, 1.807) is 54.9 Å². The van der Waals surface area contributed by atoms with Crippen molar-refractivity contribution in [3.05, 3.63) is 80.2 Å². The molecule has 0 unspecified atom stereocenters. The fourth-order valence-corrected chi connectivity index (χ4v) is 2.79. The van der Waals surface area contributed by atoms with Crippen molar-refractivity contribution >= 4 is 29.0 Å². The number of rotatable bonds is 5. The topological polar surface area (TPSA) is 103 Å². The van der Waals surface area contributed by atoms with Crippen LogP contribution in [0.4, 0.5) is 11.5 Å². The summed E-state index contributed by atoms with van der Waals surface area (Å²) >= 11 is 5.77. The molecular formula is C18H16ClN5O3. The standard InChI is InChI=1S/C18H16ClN5O3/c1-11-17(24(26)27)12(2)23(22-11)10-13-3-5-14(6-4-13)18(25)21-16-8-7-15(19)9-20-16/h3-9H,10H2,1-2H3,(H,20,21,25). The van der Waals surface area contributed by atoms with Crippen LogP contribution in [0.25, 0.3) is 0 Å². The number of nitrogens with zero attached hydrogens (tertiary/aromatic N) is 4. The van der Waals surface area contributed by atoms with E-state index in [0.717, 1.165) is 5.56 Å². The average Bonchev–Trinajstić information content (AvgIpc) is 2.91. The van der Waals surface area contributed by atoms with Gasteiger partial charge in [0.1, 0.15) is 17.2 Å². The zero-order chi connectivity index (χ0) is 19.6. The summed E-state index contributed by atoms with van der Waals surface area (Å²) in [6.45, 7) is 3.65. The van der Waals surface area contributed by atoms with E-state index in [2.05, 4.69) is 15.4 Å². The van der Waals surface area contributed by atoms with E-state index in [4.69, 9.17) is 11.6 Å². The minimum absolute atomic E-state index is 0.0291. The molecule has 1 N–H and O–H groups in total. The second kappa shape index (κ2) is 7.55. The number of nitro groups is 1. The van der Waals surface area contributed by atoms with E-state index < -0.39 is 4.92 Å². The van der Waals surface area contributed by atoms with Crippen LogP contribution in [0.5, 0.6) is 0 Å². The summed E-state index contributed by atoms with van der Waals surface area (Å²) in [5.74, 6) is 0.113. The molecule has 2 aromatic heterocycles. The number of amides is 1. The average molecular weight is 386 g/mol. The number of hydrogen-bond donors (Lipinski definition) is 1. The van der Waals surface area contributed by atoms with E-state index in [-0.39, 0.29) is 11.6 Å². The largest absolute Gasteiger partial charge is 0.312 e. The highest BCUT2D eigenvalue weighted by Gasteiger charge is 2.21. The number of halogens is 1. The molecule has 1 amide bonds. The van der Waals surface area contributed by atoms with Crippen molar-refractivity contribution in [2.24, 2.45) is 0 Å². The van der Waals surface area contributed by atoms with E-state index in [1.165, 1.54) is 6.20 Å². The van der Waals surface area contributed by atoms with Crippen LogP contribution in [-0.4, -0.2) is 25.6 Å². The highest BCUT2D eigenvalue weighted by Crippen LogP contribution is 2.22. The van der Waals surface area contributed by atoms with Gasteiger partial charge in [0.05, 0.1) is 16.5 Å². The van der Waals surface area contributed by atoms with Crippen LogP contribution in [0.3, 0.4) is 0 Å². The van der Waals surface area contributed by atoms with Crippen LogP contribution >= 0.6 is 11.6 Å². The summed E-state index contributed by atoms with van der Waals surface area (Å²) in [7, 11) is 0. The van der Waals surface area contributed by atoms with Gasteiger partial charge in [0, 0.05) is 11.8 Å². The summed E-state index contributed by atoms with van der Waals surface area (Å²) in [6, 6.07) is 10.2. The molecule has 0 aliphatic carbocycles. The molecule has 0 saturated carbocycles. The first-order chi connectivity index (χ1) is 12.8. The van der Waals surface area contributed by atoms with Gasteiger partial charge in [-0.3, -0.25) is 19.6 Å². The number of carbonyl (C=O) groups excluding carboxylic acids is 1.